The maximum atomic E-state index is 13.0. The van der Waals surface area contributed by atoms with Gasteiger partial charge in [-0.25, -0.2) is 9.18 Å². The van der Waals surface area contributed by atoms with E-state index in [2.05, 4.69) is 10.5 Å². The minimum absolute atomic E-state index is 0.114. The average molecular weight is 305 g/mol. The molecule has 5 nitrogen and oxygen atoms in total. The van der Waals surface area contributed by atoms with Gasteiger partial charge in [0, 0.05) is 6.07 Å². The fourth-order valence-electron chi connectivity index (χ4n) is 1.38. The van der Waals surface area contributed by atoms with Crippen molar-refractivity contribution in [2.24, 2.45) is 0 Å². The highest BCUT2D eigenvalue weighted by molar-refractivity contribution is 6.39. The fourth-order valence-corrected chi connectivity index (χ4v) is 1.98. The van der Waals surface area contributed by atoms with Gasteiger partial charge in [-0.15, -0.1) is 0 Å². The third kappa shape index (κ3) is 3.15. The summed E-state index contributed by atoms with van der Waals surface area (Å²) >= 11 is 11.7. The normalized spacial score (nSPS) is 10.5. The molecule has 19 heavy (non-hydrogen) atoms. The Morgan fingerprint density at radius 1 is 1.37 bits per heavy atom. The molecular weight excluding hydrogens is 298 g/mol. The molecule has 0 atom stereocenters. The Morgan fingerprint density at radius 3 is 2.53 bits per heavy atom. The van der Waals surface area contributed by atoms with Gasteiger partial charge in [-0.1, -0.05) is 28.4 Å². The number of hydrogen-bond donors (Lipinski definition) is 2. The third-order valence-electron chi connectivity index (χ3n) is 2.22. The number of anilines is 1. The van der Waals surface area contributed by atoms with Crippen LogP contribution in [0.25, 0.3) is 0 Å². The lowest BCUT2D eigenvalue weighted by Crippen LogP contribution is -2.00. The first-order valence-electron chi connectivity index (χ1n) is 5.04. The predicted octanol–water partition coefficient (Wildman–Crippen LogP) is 3.43. The van der Waals surface area contributed by atoms with Gasteiger partial charge in [0.15, 0.2) is 11.5 Å². The number of nitrogens with zero attached hydrogens (tertiary/aromatic N) is 1. The highest BCUT2D eigenvalue weighted by Gasteiger charge is 2.12. The quantitative estimate of drug-likeness (QED) is 0.905. The largest absolute Gasteiger partial charge is 0.476 e. The summed E-state index contributed by atoms with van der Waals surface area (Å²) in [6.07, 6.45) is 0. The molecule has 2 aromatic rings. The van der Waals surface area contributed by atoms with Gasteiger partial charge in [-0.3, -0.25) is 0 Å². The van der Waals surface area contributed by atoms with E-state index in [1.807, 2.05) is 0 Å². The van der Waals surface area contributed by atoms with Crippen molar-refractivity contribution in [2.45, 2.75) is 6.54 Å². The Labute approximate surface area is 116 Å². The van der Waals surface area contributed by atoms with E-state index in [0.717, 1.165) is 12.1 Å². The van der Waals surface area contributed by atoms with Gasteiger partial charge in [-0.05, 0) is 12.1 Å². The number of aromatic carboxylic acids is 1. The molecule has 0 fully saturated rings. The van der Waals surface area contributed by atoms with Gasteiger partial charge >= 0.3 is 5.97 Å². The van der Waals surface area contributed by atoms with E-state index in [4.69, 9.17) is 32.8 Å². The smallest absolute Gasteiger partial charge is 0.358 e. The van der Waals surface area contributed by atoms with E-state index in [9.17, 15) is 9.18 Å². The van der Waals surface area contributed by atoms with Crippen LogP contribution in [0.5, 0.6) is 0 Å². The molecule has 0 saturated carbocycles. The molecule has 0 unspecified atom stereocenters. The number of carbonyl (C=O) groups is 1. The van der Waals surface area contributed by atoms with Crippen molar-refractivity contribution in [3.05, 3.63) is 45.5 Å². The summed E-state index contributed by atoms with van der Waals surface area (Å²) in [6, 6.07) is 3.48. The molecule has 0 amide bonds. The SMILES string of the molecule is O=C(O)c1cc(CNc2c(Cl)cc(F)cc2Cl)on1. The van der Waals surface area contributed by atoms with Gasteiger partial charge in [0.1, 0.15) is 5.82 Å². The van der Waals surface area contributed by atoms with Crippen LogP contribution in [0.2, 0.25) is 10.0 Å². The highest BCUT2D eigenvalue weighted by Crippen LogP contribution is 2.31. The number of carboxylic acid groups (broad SMARTS) is 1. The van der Waals surface area contributed by atoms with E-state index in [1.54, 1.807) is 0 Å². The second kappa shape index (κ2) is 5.46. The molecule has 0 aliphatic carbocycles. The van der Waals surface area contributed by atoms with Gasteiger partial charge in [-0.2, -0.15) is 0 Å². The van der Waals surface area contributed by atoms with Crippen LogP contribution in [0.15, 0.2) is 22.7 Å². The predicted molar refractivity (Wildman–Crippen MR) is 67.2 cm³/mol. The minimum Gasteiger partial charge on any atom is -0.476 e. The number of aromatic nitrogens is 1. The molecule has 8 heteroatoms. The second-order valence-corrected chi connectivity index (χ2v) is 4.40. The zero-order chi connectivity index (χ0) is 14.0. The minimum atomic E-state index is -1.19. The maximum Gasteiger partial charge on any atom is 0.358 e. The van der Waals surface area contributed by atoms with Crippen molar-refractivity contribution in [2.75, 3.05) is 5.32 Å². The molecule has 0 aliphatic heterocycles. The van der Waals surface area contributed by atoms with Gasteiger partial charge in [0.2, 0.25) is 0 Å². The van der Waals surface area contributed by atoms with Crippen molar-refractivity contribution in [1.29, 1.82) is 0 Å². The first-order valence-corrected chi connectivity index (χ1v) is 5.80. The van der Waals surface area contributed by atoms with Crippen LogP contribution >= 0.6 is 23.2 Å². The Bertz CT molecular complexity index is 607. The molecule has 1 aromatic heterocycles. The molecule has 1 heterocycles. The maximum absolute atomic E-state index is 13.0. The number of halogens is 3. The van der Waals surface area contributed by atoms with Crippen molar-refractivity contribution < 1.29 is 18.8 Å². The summed E-state index contributed by atoms with van der Waals surface area (Å²) in [6.45, 7) is 0.116. The number of nitrogens with one attached hydrogen (secondary N) is 1. The van der Waals surface area contributed by atoms with E-state index >= 15 is 0 Å². The zero-order valence-electron chi connectivity index (χ0n) is 9.28. The van der Waals surface area contributed by atoms with Gasteiger partial charge in [0.25, 0.3) is 0 Å². The molecule has 0 bridgehead atoms. The van der Waals surface area contributed by atoms with Crippen LogP contribution in [-0.4, -0.2) is 16.2 Å². The molecule has 0 saturated heterocycles. The first-order chi connectivity index (χ1) is 8.97. The number of hydrogen-bond acceptors (Lipinski definition) is 4. The fraction of sp³-hybridized carbons (Fsp3) is 0.0909. The highest BCUT2D eigenvalue weighted by atomic mass is 35.5. The summed E-state index contributed by atoms with van der Waals surface area (Å²) in [7, 11) is 0. The molecule has 1 aromatic carbocycles. The average Bonchev–Trinajstić information content (AvgIpc) is 2.76. The zero-order valence-corrected chi connectivity index (χ0v) is 10.8. The molecule has 0 radical (unpaired) electrons. The number of rotatable bonds is 4. The Morgan fingerprint density at radius 2 is 2.00 bits per heavy atom. The second-order valence-electron chi connectivity index (χ2n) is 3.58. The van der Waals surface area contributed by atoms with Crippen molar-refractivity contribution in [3.8, 4) is 0 Å². The molecule has 2 N–H and O–H groups in total. The molecule has 0 aliphatic rings. The van der Waals surface area contributed by atoms with Gasteiger partial charge < -0.3 is 14.9 Å². The van der Waals surface area contributed by atoms with Crippen molar-refractivity contribution in [3.63, 3.8) is 0 Å². The van der Waals surface area contributed by atoms with Crippen molar-refractivity contribution >= 4 is 34.9 Å². The summed E-state index contributed by atoms with van der Waals surface area (Å²) in [5, 5.41) is 15.1. The lowest BCUT2D eigenvalue weighted by Gasteiger charge is -2.08. The Kier molecular flexibility index (Phi) is 3.92. The van der Waals surface area contributed by atoms with Crippen LogP contribution in [0, 0.1) is 5.82 Å². The standard InChI is InChI=1S/C11H7Cl2FN2O3/c12-7-1-5(14)2-8(13)10(7)15-4-6-3-9(11(17)18)16-19-6/h1-3,15H,4H2,(H,17,18). The Balaban J connectivity index is 2.12. The number of carboxylic acids is 1. The summed E-state index contributed by atoms with van der Waals surface area (Å²) in [5.74, 6) is -1.45. The topological polar surface area (TPSA) is 75.4 Å². The first kappa shape index (κ1) is 13.6. The third-order valence-corrected chi connectivity index (χ3v) is 2.82. The number of benzene rings is 1. The van der Waals surface area contributed by atoms with Gasteiger partial charge in [0.05, 0.1) is 22.3 Å². The van der Waals surface area contributed by atoms with Crippen LogP contribution in [0.4, 0.5) is 10.1 Å². The van der Waals surface area contributed by atoms with Crippen molar-refractivity contribution in [1.82, 2.24) is 5.16 Å². The molecule has 2 rings (SSSR count). The van der Waals surface area contributed by atoms with E-state index in [0.29, 0.717) is 5.69 Å². The van der Waals surface area contributed by atoms with E-state index < -0.39 is 11.8 Å². The van der Waals surface area contributed by atoms with Crippen LogP contribution in [0.1, 0.15) is 16.2 Å². The molecular formula is C11H7Cl2FN2O3. The van der Waals surface area contributed by atoms with E-state index in [-0.39, 0.29) is 28.0 Å². The van der Waals surface area contributed by atoms with E-state index in [1.165, 1.54) is 6.07 Å². The lowest BCUT2D eigenvalue weighted by atomic mass is 10.3. The summed E-state index contributed by atoms with van der Waals surface area (Å²) < 4.78 is 17.8. The van der Waals surface area contributed by atoms with Crippen LogP contribution in [-0.2, 0) is 6.54 Å². The Hall–Kier alpha value is -1.79. The van der Waals surface area contributed by atoms with Crippen LogP contribution < -0.4 is 5.32 Å². The lowest BCUT2D eigenvalue weighted by molar-refractivity contribution is 0.0685. The summed E-state index contributed by atoms with van der Waals surface area (Å²) in [5.41, 5.74) is 0.131. The van der Waals surface area contributed by atoms with Crippen LogP contribution in [0.3, 0.4) is 0 Å². The molecule has 0 spiro atoms. The summed E-state index contributed by atoms with van der Waals surface area (Å²) in [4.78, 5) is 10.6. The molecule has 100 valence electrons. The monoisotopic (exact) mass is 304 g/mol.